The van der Waals surface area contributed by atoms with Crippen LogP contribution in [-0.2, 0) is 4.74 Å². The molecule has 134 valence electrons. The van der Waals surface area contributed by atoms with Crippen LogP contribution in [0.15, 0.2) is 48.1 Å². The van der Waals surface area contributed by atoms with Gasteiger partial charge in [0.05, 0.1) is 10.5 Å². The van der Waals surface area contributed by atoms with Crippen LogP contribution < -0.4 is 0 Å². The molecule has 0 saturated carbocycles. The predicted molar refractivity (Wildman–Crippen MR) is 97.4 cm³/mol. The second-order valence-corrected chi connectivity index (χ2v) is 7.25. The van der Waals surface area contributed by atoms with E-state index in [2.05, 4.69) is 32.9 Å². The number of carbonyl (C=O) groups is 1. The molecule has 2 rings (SSSR count). The molecule has 0 fully saturated rings. The first-order chi connectivity index (χ1) is 11.7. The van der Waals surface area contributed by atoms with Gasteiger partial charge in [0.25, 0.3) is 5.69 Å². The SMILES string of the molecule is CC1=CCCC(C)(C)[C@@H]1/C=C/[C@@H](C)OC(=O)c1ccc([N+](=O)[O-])cc1. The molecular formula is C20H25NO4. The Morgan fingerprint density at radius 3 is 2.56 bits per heavy atom. The quantitative estimate of drug-likeness (QED) is 0.323. The van der Waals surface area contributed by atoms with E-state index < -0.39 is 10.9 Å². The van der Waals surface area contributed by atoms with Crippen molar-refractivity contribution < 1.29 is 14.5 Å². The Kier molecular flexibility index (Phi) is 5.77. The number of carbonyl (C=O) groups excluding carboxylic acids is 1. The van der Waals surface area contributed by atoms with Gasteiger partial charge in [-0.15, -0.1) is 0 Å². The van der Waals surface area contributed by atoms with Gasteiger partial charge < -0.3 is 4.74 Å². The van der Waals surface area contributed by atoms with Crippen molar-refractivity contribution in [1.29, 1.82) is 0 Å². The molecule has 0 saturated heterocycles. The Balaban J connectivity index is 2.00. The van der Waals surface area contributed by atoms with Crippen LogP contribution in [0.3, 0.4) is 0 Å². The van der Waals surface area contributed by atoms with Gasteiger partial charge in [-0.3, -0.25) is 10.1 Å². The maximum Gasteiger partial charge on any atom is 0.338 e. The van der Waals surface area contributed by atoms with E-state index in [-0.39, 0.29) is 17.2 Å². The minimum Gasteiger partial charge on any atom is -0.455 e. The van der Waals surface area contributed by atoms with Gasteiger partial charge in [-0.2, -0.15) is 0 Å². The molecule has 1 aromatic carbocycles. The van der Waals surface area contributed by atoms with Crippen LogP contribution in [0.5, 0.6) is 0 Å². The van der Waals surface area contributed by atoms with Crippen molar-refractivity contribution in [2.75, 3.05) is 0 Å². The molecule has 0 N–H and O–H groups in total. The van der Waals surface area contributed by atoms with Crippen LogP contribution in [0, 0.1) is 21.4 Å². The van der Waals surface area contributed by atoms with Crippen LogP contribution in [0.25, 0.3) is 0 Å². The van der Waals surface area contributed by atoms with Crippen LogP contribution in [0.2, 0.25) is 0 Å². The van der Waals surface area contributed by atoms with Gasteiger partial charge in [-0.1, -0.05) is 31.6 Å². The number of hydrogen-bond acceptors (Lipinski definition) is 4. The van der Waals surface area contributed by atoms with Gasteiger partial charge in [-0.05, 0) is 50.3 Å². The molecule has 0 bridgehead atoms. The van der Waals surface area contributed by atoms with Gasteiger partial charge in [-0.25, -0.2) is 4.79 Å². The number of nitro groups is 1. The number of ether oxygens (including phenoxy) is 1. The fourth-order valence-corrected chi connectivity index (χ4v) is 3.25. The maximum atomic E-state index is 12.1. The zero-order chi connectivity index (χ0) is 18.6. The summed E-state index contributed by atoms with van der Waals surface area (Å²) in [6.07, 6.45) is 8.18. The lowest BCUT2D eigenvalue weighted by Gasteiger charge is -2.36. The van der Waals surface area contributed by atoms with Gasteiger partial charge in [0.1, 0.15) is 6.10 Å². The van der Waals surface area contributed by atoms with Crippen molar-refractivity contribution >= 4 is 11.7 Å². The normalized spacial score (nSPS) is 20.8. The molecule has 0 heterocycles. The van der Waals surface area contributed by atoms with Crippen molar-refractivity contribution in [3.05, 3.63) is 63.7 Å². The fourth-order valence-electron chi connectivity index (χ4n) is 3.25. The average molecular weight is 343 g/mol. The molecule has 0 amide bonds. The number of rotatable bonds is 5. The Morgan fingerprint density at radius 2 is 2.00 bits per heavy atom. The van der Waals surface area contributed by atoms with Gasteiger partial charge in [0.15, 0.2) is 0 Å². The lowest BCUT2D eigenvalue weighted by atomic mass is 9.68. The van der Waals surface area contributed by atoms with Crippen molar-refractivity contribution in [3.8, 4) is 0 Å². The Morgan fingerprint density at radius 1 is 1.36 bits per heavy atom. The summed E-state index contributed by atoms with van der Waals surface area (Å²) < 4.78 is 5.42. The fraction of sp³-hybridized carbons (Fsp3) is 0.450. The number of allylic oxidation sites excluding steroid dienone is 3. The lowest BCUT2D eigenvalue weighted by Crippen LogP contribution is -2.26. The van der Waals surface area contributed by atoms with E-state index in [9.17, 15) is 14.9 Å². The minimum absolute atomic E-state index is 0.0497. The van der Waals surface area contributed by atoms with Gasteiger partial charge in [0.2, 0.25) is 0 Å². The molecule has 0 radical (unpaired) electrons. The molecule has 1 aliphatic rings. The summed E-state index contributed by atoms with van der Waals surface area (Å²) in [5, 5.41) is 10.7. The third kappa shape index (κ3) is 4.78. The summed E-state index contributed by atoms with van der Waals surface area (Å²) in [6, 6.07) is 5.42. The zero-order valence-electron chi connectivity index (χ0n) is 15.2. The Hall–Kier alpha value is -2.43. The molecule has 1 aromatic rings. The van der Waals surface area contributed by atoms with Crippen LogP contribution in [0.1, 0.15) is 50.9 Å². The highest BCUT2D eigenvalue weighted by Gasteiger charge is 2.30. The monoisotopic (exact) mass is 343 g/mol. The van der Waals surface area contributed by atoms with E-state index in [1.807, 2.05) is 13.0 Å². The first-order valence-electron chi connectivity index (χ1n) is 8.51. The number of nitro benzene ring substituents is 1. The number of esters is 1. The highest BCUT2D eigenvalue weighted by Crippen LogP contribution is 2.41. The van der Waals surface area contributed by atoms with E-state index in [1.54, 1.807) is 0 Å². The number of benzene rings is 1. The molecule has 0 aromatic heterocycles. The van der Waals surface area contributed by atoms with E-state index in [1.165, 1.54) is 29.8 Å². The minimum atomic E-state index is -0.498. The first kappa shape index (κ1) is 18.9. The highest BCUT2D eigenvalue weighted by molar-refractivity contribution is 5.89. The van der Waals surface area contributed by atoms with Crippen LogP contribution in [0.4, 0.5) is 5.69 Å². The second-order valence-electron chi connectivity index (χ2n) is 7.25. The van der Waals surface area contributed by atoms with Crippen molar-refractivity contribution in [3.63, 3.8) is 0 Å². The van der Waals surface area contributed by atoms with Crippen molar-refractivity contribution in [2.24, 2.45) is 11.3 Å². The maximum absolute atomic E-state index is 12.1. The topological polar surface area (TPSA) is 69.4 Å². The molecule has 5 nitrogen and oxygen atoms in total. The van der Waals surface area contributed by atoms with Crippen LogP contribution in [-0.4, -0.2) is 17.0 Å². The highest BCUT2D eigenvalue weighted by atomic mass is 16.6. The van der Waals surface area contributed by atoms with Gasteiger partial charge >= 0.3 is 5.97 Å². The summed E-state index contributed by atoms with van der Waals surface area (Å²) in [7, 11) is 0. The van der Waals surface area contributed by atoms with Gasteiger partial charge in [0, 0.05) is 18.1 Å². The third-order valence-corrected chi connectivity index (χ3v) is 4.77. The smallest absolute Gasteiger partial charge is 0.338 e. The molecule has 0 spiro atoms. The lowest BCUT2D eigenvalue weighted by molar-refractivity contribution is -0.384. The van der Waals surface area contributed by atoms with Crippen LogP contribution >= 0.6 is 0 Å². The molecule has 2 atom stereocenters. The summed E-state index contributed by atoms with van der Waals surface area (Å²) >= 11 is 0. The summed E-state index contributed by atoms with van der Waals surface area (Å²) in [4.78, 5) is 22.3. The molecule has 0 unspecified atom stereocenters. The van der Waals surface area contributed by atoms with E-state index in [4.69, 9.17) is 4.74 Å². The van der Waals surface area contributed by atoms with Crippen molar-refractivity contribution in [2.45, 2.75) is 46.6 Å². The number of nitrogens with zero attached hydrogens (tertiary/aromatic N) is 1. The predicted octanol–water partition coefficient (Wildman–Crippen LogP) is 5.08. The Bertz CT molecular complexity index is 701. The summed E-state index contributed by atoms with van der Waals surface area (Å²) in [5.41, 5.74) is 1.80. The second kappa shape index (κ2) is 7.64. The van der Waals surface area contributed by atoms with E-state index in [0.717, 1.165) is 12.8 Å². The first-order valence-corrected chi connectivity index (χ1v) is 8.51. The zero-order valence-corrected chi connectivity index (χ0v) is 15.2. The molecule has 1 aliphatic carbocycles. The summed E-state index contributed by atoms with van der Waals surface area (Å²) in [5.74, 6) is -0.149. The molecule has 5 heteroatoms. The largest absolute Gasteiger partial charge is 0.455 e. The third-order valence-electron chi connectivity index (χ3n) is 4.77. The molecule has 0 aliphatic heterocycles. The van der Waals surface area contributed by atoms with E-state index in [0.29, 0.717) is 11.5 Å². The standard InChI is InChI=1S/C20H25NO4/c1-14-6-5-13-20(3,4)18(14)12-7-15(2)25-19(22)16-8-10-17(11-9-16)21(23)24/h6-12,15,18H,5,13H2,1-4H3/b12-7+/t15-,18-/m1/s1. The molecule has 25 heavy (non-hydrogen) atoms. The Labute approximate surface area is 148 Å². The number of non-ortho nitro benzene ring substituents is 1. The molecular weight excluding hydrogens is 318 g/mol. The number of hydrogen-bond donors (Lipinski definition) is 0. The average Bonchev–Trinajstić information content (AvgIpc) is 2.53. The van der Waals surface area contributed by atoms with Crippen molar-refractivity contribution in [1.82, 2.24) is 0 Å². The van der Waals surface area contributed by atoms with E-state index >= 15 is 0 Å². The summed E-state index contributed by atoms with van der Waals surface area (Å²) in [6.45, 7) is 8.47.